The highest BCUT2D eigenvalue weighted by Gasteiger charge is 2.48. The normalized spacial score (nSPS) is 44.8. The van der Waals surface area contributed by atoms with Crippen LogP contribution in [0.2, 0.25) is 0 Å². The van der Waals surface area contributed by atoms with Crippen molar-refractivity contribution < 1.29 is 19.3 Å². The Morgan fingerprint density at radius 3 is 2.75 bits per heavy atom. The number of hydrogen-bond donors (Lipinski definition) is 1. The van der Waals surface area contributed by atoms with E-state index in [0.717, 1.165) is 6.42 Å². The van der Waals surface area contributed by atoms with Gasteiger partial charge in [-0.15, -0.1) is 0 Å². The molecule has 0 spiro atoms. The van der Waals surface area contributed by atoms with Crippen molar-refractivity contribution in [3.63, 3.8) is 0 Å². The molecule has 2 aliphatic rings. The van der Waals surface area contributed by atoms with E-state index in [2.05, 4.69) is 0 Å². The average molecular weight is 174 g/mol. The van der Waals surface area contributed by atoms with Crippen LogP contribution < -0.4 is 0 Å². The maximum atomic E-state index is 8.82. The molecule has 2 saturated heterocycles. The fraction of sp³-hybridized carbons (Fsp3) is 1.00. The van der Waals surface area contributed by atoms with Gasteiger partial charge in [-0.1, -0.05) is 0 Å². The highest BCUT2D eigenvalue weighted by atomic mass is 16.8. The van der Waals surface area contributed by atoms with Crippen LogP contribution in [-0.2, 0) is 14.2 Å². The molecule has 3 atom stereocenters. The molecule has 1 N–H and O–H groups in total. The zero-order valence-electron chi connectivity index (χ0n) is 7.32. The van der Waals surface area contributed by atoms with Gasteiger partial charge in [0.15, 0.2) is 12.1 Å². The number of hydrogen-bond acceptors (Lipinski definition) is 4. The van der Waals surface area contributed by atoms with E-state index in [-0.39, 0.29) is 25.1 Å². The molecule has 2 aliphatic heterocycles. The van der Waals surface area contributed by atoms with Crippen LogP contribution in [0.4, 0.5) is 0 Å². The molecule has 0 radical (unpaired) electrons. The summed E-state index contributed by atoms with van der Waals surface area (Å²) < 4.78 is 16.4. The summed E-state index contributed by atoms with van der Waals surface area (Å²) in [6, 6.07) is 0. The predicted molar refractivity (Wildman–Crippen MR) is 40.4 cm³/mol. The van der Waals surface area contributed by atoms with Crippen molar-refractivity contribution in [2.24, 2.45) is 0 Å². The van der Waals surface area contributed by atoms with Crippen molar-refractivity contribution >= 4 is 0 Å². The van der Waals surface area contributed by atoms with Crippen LogP contribution in [0.25, 0.3) is 0 Å². The van der Waals surface area contributed by atoms with Gasteiger partial charge in [0.2, 0.25) is 0 Å². The second-order valence-electron chi connectivity index (χ2n) is 3.72. The summed E-state index contributed by atoms with van der Waals surface area (Å²) in [6.07, 6.45) is 0.329. The van der Waals surface area contributed by atoms with Gasteiger partial charge in [0, 0.05) is 6.42 Å². The minimum atomic E-state index is -0.532. The van der Waals surface area contributed by atoms with Crippen LogP contribution in [0.5, 0.6) is 0 Å². The molecule has 0 aromatic heterocycles. The van der Waals surface area contributed by atoms with E-state index in [1.165, 1.54) is 0 Å². The molecule has 0 bridgehead atoms. The van der Waals surface area contributed by atoms with Gasteiger partial charge in [-0.3, -0.25) is 0 Å². The van der Waals surface area contributed by atoms with Gasteiger partial charge in [0.05, 0.1) is 12.7 Å². The van der Waals surface area contributed by atoms with E-state index >= 15 is 0 Å². The first-order valence-corrected chi connectivity index (χ1v) is 4.23. The van der Waals surface area contributed by atoms with E-state index in [4.69, 9.17) is 19.3 Å². The van der Waals surface area contributed by atoms with Gasteiger partial charge in [-0.25, -0.2) is 0 Å². The molecular weight excluding hydrogens is 160 g/mol. The molecule has 0 aliphatic carbocycles. The monoisotopic (exact) mass is 174 g/mol. The lowest BCUT2D eigenvalue weighted by atomic mass is 10.2. The summed E-state index contributed by atoms with van der Waals surface area (Å²) in [4.78, 5) is 0. The third kappa shape index (κ3) is 1.35. The summed E-state index contributed by atoms with van der Waals surface area (Å²) in [5, 5.41) is 8.82. The smallest absolute Gasteiger partial charge is 0.187 e. The number of ether oxygens (including phenoxy) is 3. The topological polar surface area (TPSA) is 47.9 Å². The molecule has 70 valence electrons. The first kappa shape index (κ1) is 8.44. The summed E-state index contributed by atoms with van der Waals surface area (Å²) in [6.45, 7) is 3.77. The first-order valence-electron chi connectivity index (χ1n) is 4.23. The van der Waals surface area contributed by atoms with Crippen molar-refractivity contribution in [3.05, 3.63) is 0 Å². The number of aliphatic hydroxyl groups is 1. The lowest BCUT2D eigenvalue weighted by molar-refractivity contribution is -0.207. The molecular formula is C8H14O4. The van der Waals surface area contributed by atoms with Crippen molar-refractivity contribution in [1.29, 1.82) is 0 Å². The molecule has 0 aromatic carbocycles. The zero-order valence-corrected chi connectivity index (χ0v) is 7.32. The Hall–Kier alpha value is -0.160. The Morgan fingerprint density at radius 2 is 2.17 bits per heavy atom. The van der Waals surface area contributed by atoms with Crippen LogP contribution in [-0.4, -0.2) is 36.0 Å². The molecule has 4 heteroatoms. The maximum absolute atomic E-state index is 8.82. The number of rotatable bonds is 1. The number of fused-ring (bicyclic) bond motifs is 1. The van der Waals surface area contributed by atoms with E-state index in [0.29, 0.717) is 0 Å². The van der Waals surface area contributed by atoms with Gasteiger partial charge in [-0.05, 0) is 13.8 Å². The lowest BCUT2D eigenvalue weighted by Crippen LogP contribution is -2.25. The van der Waals surface area contributed by atoms with Gasteiger partial charge in [0.25, 0.3) is 0 Å². The fourth-order valence-electron chi connectivity index (χ4n) is 1.70. The molecule has 0 aromatic rings. The van der Waals surface area contributed by atoms with E-state index in [9.17, 15) is 0 Å². The molecule has 0 saturated carbocycles. The lowest BCUT2D eigenvalue weighted by Gasteiger charge is -2.19. The molecule has 12 heavy (non-hydrogen) atoms. The predicted octanol–water partition coefficient (Wildman–Crippen LogP) is 0.245. The van der Waals surface area contributed by atoms with Crippen molar-refractivity contribution in [3.8, 4) is 0 Å². The molecule has 2 fully saturated rings. The Bertz CT molecular complexity index is 164. The van der Waals surface area contributed by atoms with E-state index in [1.807, 2.05) is 13.8 Å². The van der Waals surface area contributed by atoms with Crippen LogP contribution >= 0.6 is 0 Å². The van der Waals surface area contributed by atoms with Gasteiger partial charge in [0.1, 0.15) is 6.10 Å². The van der Waals surface area contributed by atoms with Gasteiger partial charge in [-0.2, -0.15) is 0 Å². The van der Waals surface area contributed by atoms with Crippen molar-refractivity contribution in [2.45, 2.75) is 44.6 Å². The van der Waals surface area contributed by atoms with Crippen molar-refractivity contribution in [2.75, 3.05) is 6.61 Å². The minimum Gasteiger partial charge on any atom is -0.394 e. The Morgan fingerprint density at radius 1 is 1.42 bits per heavy atom. The SMILES string of the molecule is CC1(C)O[C@@H]2O[C@@H](CO)C[C@@H]2O1. The maximum Gasteiger partial charge on any atom is 0.187 e. The summed E-state index contributed by atoms with van der Waals surface area (Å²) >= 11 is 0. The van der Waals surface area contributed by atoms with Crippen molar-refractivity contribution in [1.82, 2.24) is 0 Å². The Balaban J connectivity index is 1.97. The highest BCUT2D eigenvalue weighted by molar-refractivity contribution is 4.84. The van der Waals surface area contributed by atoms with E-state index < -0.39 is 5.79 Å². The summed E-state index contributed by atoms with van der Waals surface area (Å²) in [5.74, 6) is -0.532. The van der Waals surface area contributed by atoms with Crippen LogP contribution in [0.3, 0.4) is 0 Å². The largest absolute Gasteiger partial charge is 0.394 e. The van der Waals surface area contributed by atoms with Crippen LogP contribution in [0, 0.1) is 0 Å². The molecule has 2 heterocycles. The molecule has 0 unspecified atom stereocenters. The van der Waals surface area contributed by atoms with Gasteiger partial charge < -0.3 is 19.3 Å². The standard InChI is InChI=1S/C8H14O4/c1-8(2)11-6-3-5(4-9)10-7(6)12-8/h5-7,9H,3-4H2,1-2H3/t5-,6+,7+/m1/s1. The second kappa shape index (κ2) is 2.67. The summed E-state index contributed by atoms with van der Waals surface area (Å²) in [5.41, 5.74) is 0. The van der Waals surface area contributed by atoms with Gasteiger partial charge >= 0.3 is 0 Å². The average Bonchev–Trinajstić information content (AvgIpc) is 2.40. The van der Waals surface area contributed by atoms with Crippen LogP contribution in [0.15, 0.2) is 0 Å². The molecule has 0 amide bonds. The quantitative estimate of drug-likeness (QED) is 0.619. The number of aliphatic hydroxyl groups excluding tert-OH is 1. The highest BCUT2D eigenvalue weighted by Crippen LogP contribution is 2.36. The van der Waals surface area contributed by atoms with Crippen LogP contribution in [0.1, 0.15) is 20.3 Å². The third-order valence-corrected chi connectivity index (χ3v) is 2.16. The first-order chi connectivity index (χ1) is 5.61. The molecule has 4 nitrogen and oxygen atoms in total. The zero-order chi connectivity index (χ0) is 8.77. The minimum absolute atomic E-state index is 0.00264. The Kier molecular flexibility index (Phi) is 1.88. The van der Waals surface area contributed by atoms with E-state index in [1.54, 1.807) is 0 Å². The Labute approximate surface area is 71.4 Å². The summed E-state index contributed by atoms with van der Waals surface area (Å²) in [7, 11) is 0. The molecule has 2 rings (SSSR count). The third-order valence-electron chi connectivity index (χ3n) is 2.16. The second-order valence-corrected chi connectivity index (χ2v) is 3.72. The fourth-order valence-corrected chi connectivity index (χ4v) is 1.70.